The van der Waals surface area contributed by atoms with E-state index in [9.17, 15) is 0 Å². The highest BCUT2D eigenvalue weighted by atomic mass is 16.5. The monoisotopic (exact) mass is 304 g/mol. The van der Waals surface area contributed by atoms with Crippen molar-refractivity contribution in [3.8, 4) is 0 Å². The largest absolute Gasteiger partial charge is 0.370 e. The average Bonchev–Trinajstić information content (AvgIpc) is 3.24. The van der Waals surface area contributed by atoms with Gasteiger partial charge in [-0.1, -0.05) is 54.6 Å². The second kappa shape index (κ2) is 6.39. The van der Waals surface area contributed by atoms with Gasteiger partial charge < -0.3 is 9.30 Å². The van der Waals surface area contributed by atoms with Crippen LogP contribution in [0.5, 0.6) is 0 Å². The minimum atomic E-state index is 0.132. The van der Waals surface area contributed by atoms with Gasteiger partial charge in [0, 0.05) is 13.2 Å². The minimum Gasteiger partial charge on any atom is -0.370 e. The summed E-state index contributed by atoms with van der Waals surface area (Å²) in [5, 5.41) is 0. The van der Waals surface area contributed by atoms with E-state index in [1.807, 2.05) is 12.1 Å². The molecule has 0 amide bonds. The molecule has 3 aromatic rings. The molecule has 0 unspecified atom stereocenters. The molecule has 1 saturated heterocycles. The van der Waals surface area contributed by atoms with Gasteiger partial charge in [-0.3, -0.25) is 0 Å². The lowest BCUT2D eigenvalue weighted by molar-refractivity contribution is 0.103. The lowest BCUT2D eigenvalue weighted by Crippen LogP contribution is -2.07. The lowest BCUT2D eigenvalue weighted by atomic mass is 10.2. The van der Waals surface area contributed by atoms with Crippen LogP contribution in [0.1, 0.15) is 30.3 Å². The predicted octanol–water partition coefficient (Wildman–Crippen LogP) is 4.60. The van der Waals surface area contributed by atoms with Crippen molar-refractivity contribution in [1.29, 1.82) is 0 Å². The standard InChI is InChI=1S/C20H20N2O/c1-2-8-16(9-3-1)10-6-14-22-18-12-5-4-11-17(18)21-20(22)19-13-7-15-23-19/h1-6,8-12,19H,7,13-15H2/b10-6+/t19-/m0/s1. The molecule has 0 radical (unpaired) electrons. The summed E-state index contributed by atoms with van der Waals surface area (Å²) in [7, 11) is 0. The Bertz CT molecular complexity index is 814. The summed E-state index contributed by atoms with van der Waals surface area (Å²) >= 11 is 0. The highest BCUT2D eigenvalue weighted by Crippen LogP contribution is 2.30. The first-order valence-electron chi connectivity index (χ1n) is 8.20. The van der Waals surface area contributed by atoms with E-state index in [-0.39, 0.29) is 6.10 Å². The average molecular weight is 304 g/mol. The minimum absolute atomic E-state index is 0.132. The highest BCUT2D eigenvalue weighted by Gasteiger charge is 2.23. The molecule has 1 atom stereocenters. The van der Waals surface area contributed by atoms with Crippen molar-refractivity contribution in [2.75, 3.05) is 6.61 Å². The number of nitrogens with zero attached hydrogens (tertiary/aromatic N) is 2. The van der Waals surface area contributed by atoms with Gasteiger partial charge in [0.15, 0.2) is 0 Å². The van der Waals surface area contributed by atoms with Gasteiger partial charge in [0.25, 0.3) is 0 Å². The normalized spacial score (nSPS) is 18.2. The molecule has 4 rings (SSSR count). The molecule has 1 fully saturated rings. The first-order chi connectivity index (χ1) is 11.4. The number of imidazole rings is 1. The Morgan fingerprint density at radius 2 is 1.91 bits per heavy atom. The van der Waals surface area contributed by atoms with Gasteiger partial charge in [-0.15, -0.1) is 0 Å². The number of hydrogen-bond donors (Lipinski definition) is 0. The quantitative estimate of drug-likeness (QED) is 0.704. The van der Waals surface area contributed by atoms with Crippen molar-refractivity contribution >= 4 is 17.1 Å². The summed E-state index contributed by atoms with van der Waals surface area (Å²) in [5.41, 5.74) is 3.44. The van der Waals surface area contributed by atoms with Crippen LogP contribution in [0.4, 0.5) is 0 Å². The number of hydrogen-bond acceptors (Lipinski definition) is 2. The van der Waals surface area contributed by atoms with E-state index in [1.165, 1.54) is 11.1 Å². The van der Waals surface area contributed by atoms with Crippen LogP contribution in [0.2, 0.25) is 0 Å². The van der Waals surface area contributed by atoms with Gasteiger partial charge in [0.05, 0.1) is 11.0 Å². The van der Waals surface area contributed by atoms with E-state index in [0.717, 1.165) is 37.3 Å². The van der Waals surface area contributed by atoms with Gasteiger partial charge >= 0.3 is 0 Å². The van der Waals surface area contributed by atoms with Gasteiger partial charge in [-0.05, 0) is 30.5 Å². The fourth-order valence-corrected chi connectivity index (χ4v) is 3.17. The Balaban J connectivity index is 1.67. The van der Waals surface area contributed by atoms with Gasteiger partial charge in [-0.25, -0.2) is 4.98 Å². The van der Waals surface area contributed by atoms with Crippen LogP contribution in [0.15, 0.2) is 60.7 Å². The van der Waals surface area contributed by atoms with Crippen molar-refractivity contribution in [2.45, 2.75) is 25.5 Å². The van der Waals surface area contributed by atoms with Crippen LogP contribution in [0.3, 0.4) is 0 Å². The Morgan fingerprint density at radius 3 is 2.74 bits per heavy atom. The molecule has 2 heterocycles. The van der Waals surface area contributed by atoms with E-state index in [2.05, 4.69) is 59.2 Å². The van der Waals surface area contributed by atoms with Crippen molar-refractivity contribution in [3.05, 3.63) is 72.1 Å². The number of aromatic nitrogens is 2. The topological polar surface area (TPSA) is 27.1 Å². The Morgan fingerprint density at radius 1 is 1.09 bits per heavy atom. The second-order valence-corrected chi connectivity index (χ2v) is 5.88. The van der Waals surface area contributed by atoms with E-state index in [4.69, 9.17) is 9.72 Å². The maximum absolute atomic E-state index is 5.87. The third-order valence-electron chi connectivity index (χ3n) is 4.30. The molecule has 1 aliphatic heterocycles. The number of fused-ring (bicyclic) bond motifs is 1. The van der Waals surface area contributed by atoms with E-state index >= 15 is 0 Å². The summed E-state index contributed by atoms with van der Waals surface area (Å²) in [6.07, 6.45) is 6.67. The molecular formula is C20H20N2O. The molecule has 2 aromatic carbocycles. The van der Waals surface area contributed by atoms with Gasteiger partial charge in [0.2, 0.25) is 0 Å². The molecule has 1 aliphatic rings. The van der Waals surface area contributed by atoms with E-state index in [0.29, 0.717) is 0 Å². The number of benzene rings is 2. The number of para-hydroxylation sites is 2. The van der Waals surface area contributed by atoms with Crippen molar-refractivity contribution < 1.29 is 4.74 Å². The van der Waals surface area contributed by atoms with Crippen molar-refractivity contribution in [2.24, 2.45) is 0 Å². The third kappa shape index (κ3) is 2.92. The zero-order valence-corrected chi connectivity index (χ0v) is 13.1. The first-order valence-corrected chi connectivity index (χ1v) is 8.20. The van der Waals surface area contributed by atoms with Crippen LogP contribution >= 0.6 is 0 Å². The summed E-state index contributed by atoms with van der Waals surface area (Å²) in [6, 6.07) is 18.7. The van der Waals surface area contributed by atoms with Gasteiger partial charge in [-0.2, -0.15) is 0 Å². The fraction of sp³-hybridized carbons (Fsp3) is 0.250. The van der Waals surface area contributed by atoms with Crippen LogP contribution in [-0.4, -0.2) is 16.2 Å². The lowest BCUT2D eigenvalue weighted by Gasteiger charge is -2.11. The van der Waals surface area contributed by atoms with E-state index < -0.39 is 0 Å². The molecule has 116 valence electrons. The maximum atomic E-state index is 5.87. The molecule has 3 nitrogen and oxygen atoms in total. The molecule has 1 aromatic heterocycles. The number of ether oxygens (including phenoxy) is 1. The Kier molecular flexibility index (Phi) is 3.95. The van der Waals surface area contributed by atoms with Gasteiger partial charge in [0.1, 0.15) is 11.9 Å². The molecule has 0 spiro atoms. The van der Waals surface area contributed by atoms with Crippen molar-refractivity contribution in [1.82, 2.24) is 9.55 Å². The molecule has 0 saturated carbocycles. The predicted molar refractivity (Wildman–Crippen MR) is 93.1 cm³/mol. The molecule has 0 N–H and O–H groups in total. The smallest absolute Gasteiger partial charge is 0.139 e. The Hall–Kier alpha value is -2.39. The molecule has 0 bridgehead atoms. The van der Waals surface area contributed by atoms with Crippen LogP contribution < -0.4 is 0 Å². The highest BCUT2D eigenvalue weighted by molar-refractivity contribution is 5.76. The van der Waals surface area contributed by atoms with Crippen LogP contribution in [0, 0.1) is 0 Å². The fourth-order valence-electron chi connectivity index (χ4n) is 3.17. The summed E-state index contributed by atoms with van der Waals surface area (Å²) in [5.74, 6) is 1.06. The Labute approximate surface area is 136 Å². The maximum Gasteiger partial charge on any atom is 0.139 e. The SMILES string of the molecule is C(=C\c1ccccc1)/Cn1c([C@@H]2CCCO2)nc2ccccc21. The molecular weight excluding hydrogens is 284 g/mol. The first kappa shape index (κ1) is 14.2. The second-order valence-electron chi connectivity index (χ2n) is 5.88. The number of allylic oxidation sites excluding steroid dienone is 1. The number of rotatable bonds is 4. The third-order valence-corrected chi connectivity index (χ3v) is 4.30. The summed E-state index contributed by atoms with van der Waals surface area (Å²) in [6.45, 7) is 1.65. The van der Waals surface area contributed by atoms with Crippen LogP contribution in [-0.2, 0) is 11.3 Å². The summed E-state index contributed by atoms with van der Waals surface area (Å²) < 4.78 is 8.15. The molecule has 23 heavy (non-hydrogen) atoms. The van der Waals surface area contributed by atoms with Crippen LogP contribution in [0.25, 0.3) is 17.1 Å². The van der Waals surface area contributed by atoms with Crippen molar-refractivity contribution in [3.63, 3.8) is 0 Å². The molecule has 0 aliphatic carbocycles. The zero-order valence-electron chi connectivity index (χ0n) is 13.1. The molecule has 3 heteroatoms. The summed E-state index contributed by atoms with van der Waals surface area (Å²) in [4.78, 5) is 4.82. The van der Waals surface area contributed by atoms with E-state index in [1.54, 1.807) is 0 Å². The zero-order chi connectivity index (χ0) is 15.5.